The molecule has 0 aliphatic carbocycles. The van der Waals surface area contributed by atoms with Gasteiger partial charge in [-0.3, -0.25) is 9.36 Å². The Balaban J connectivity index is 1.48. The fraction of sp³-hybridized carbons (Fsp3) is 0.217. The Morgan fingerprint density at radius 1 is 1.00 bits per heavy atom. The minimum Gasteiger partial charge on any atom is -0.447 e. The average molecular weight is 486 g/mol. The fourth-order valence-corrected chi connectivity index (χ4v) is 6.15. The lowest BCUT2D eigenvalue weighted by atomic mass is 10.2. The summed E-state index contributed by atoms with van der Waals surface area (Å²) in [5.74, 6) is 0.310. The van der Waals surface area contributed by atoms with Crippen molar-refractivity contribution in [2.75, 3.05) is 13.1 Å². The predicted molar refractivity (Wildman–Crippen MR) is 124 cm³/mol. The van der Waals surface area contributed by atoms with Crippen LogP contribution >= 0.6 is 11.8 Å². The molecule has 10 heteroatoms. The molecule has 0 unspecified atom stereocenters. The van der Waals surface area contributed by atoms with Crippen LogP contribution in [0.25, 0.3) is 16.6 Å². The first-order chi connectivity index (χ1) is 15.9. The Labute approximate surface area is 193 Å². The van der Waals surface area contributed by atoms with Crippen molar-refractivity contribution in [1.29, 1.82) is 0 Å². The van der Waals surface area contributed by atoms with Crippen LogP contribution in [0.2, 0.25) is 0 Å². The van der Waals surface area contributed by atoms with Crippen molar-refractivity contribution in [3.8, 4) is 5.69 Å². The van der Waals surface area contributed by atoms with Gasteiger partial charge < -0.3 is 4.42 Å². The Kier molecular flexibility index (Phi) is 5.81. The van der Waals surface area contributed by atoms with Crippen LogP contribution in [0.3, 0.4) is 0 Å². The summed E-state index contributed by atoms with van der Waals surface area (Å²) in [6, 6.07) is 15.7. The molecule has 0 radical (unpaired) electrons. The van der Waals surface area contributed by atoms with E-state index >= 15 is 0 Å². The fourth-order valence-electron chi connectivity index (χ4n) is 3.79. The number of hydrogen-bond donors (Lipinski definition) is 0. The van der Waals surface area contributed by atoms with Gasteiger partial charge in [0.25, 0.3) is 15.6 Å². The van der Waals surface area contributed by atoms with Gasteiger partial charge in [-0.15, -0.1) is 0 Å². The third-order valence-electron chi connectivity index (χ3n) is 5.47. The van der Waals surface area contributed by atoms with Gasteiger partial charge in [-0.2, -0.15) is 4.31 Å². The van der Waals surface area contributed by atoms with Gasteiger partial charge in [0, 0.05) is 13.1 Å². The molecular weight excluding hydrogens is 465 g/mol. The van der Waals surface area contributed by atoms with E-state index in [-0.39, 0.29) is 16.4 Å². The summed E-state index contributed by atoms with van der Waals surface area (Å²) in [7, 11) is -3.64. The first-order valence-electron chi connectivity index (χ1n) is 10.4. The van der Waals surface area contributed by atoms with E-state index in [1.807, 2.05) is 0 Å². The molecule has 0 saturated carbocycles. The summed E-state index contributed by atoms with van der Waals surface area (Å²) in [4.78, 5) is 17.9. The lowest BCUT2D eigenvalue weighted by molar-refractivity contribution is 0.397. The topological polar surface area (TPSA) is 85.4 Å². The monoisotopic (exact) mass is 485 g/mol. The number of fused-ring (bicyclic) bond motifs is 1. The number of para-hydroxylation sites is 1. The number of sulfonamides is 1. The summed E-state index contributed by atoms with van der Waals surface area (Å²) in [6.07, 6.45) is 1.69. The van der Waals surface area contributed by atoms with Crippen molar-refractivity contribution in [1.82, 2.24) is 13.9 Å². The molecule has 1 saturated heterocycles. The molecule has 0 atom stereocenters. The Morgan fingerprint density at radius 2 is 1.73 bits per heavy atom. The van der Waals surface area contributed by atoms with Crippen LogP contribution in [0, 0.1) is 5.82 Å². The number of rotatable bonds is 6. The maximum absolute atomic E-state index is 13.5. The standard InChI is InChI=1S/C23H20FN3O4S2/c24-16-7-9-17(10-8-16)27-22(28)19-5-1-2-6-20(19)25-23(27)32-15-18-11-12-21(31-18)33(29,30)26-13-3-4-14-26/h1-2,5-12H,3-4,13-15H2. The van der Waals surface area contributed by atoms with Crippen molar-refractivity contribution in [2.45, 2.75) is 28.8 Å². The van der Waals surface area contributed by atoms with E-state index in [0.29, 0.717) is 40.6 Å². The van der Waals surface area contributed by atoms with Gasteiger partial charge in [-0.25, -0.2) is 17.8 Å². The van der Waals surface area contributed by atoms with Crippen LogP contribution in [0.5, 0.6) is 0 Å². The summed E-state index contributed by atoms with van der Waals surface area (Å²) in [5.41, 5.74) is 0.755. The smallest absolute Gasteiger partial charge is 0.276 e. The summed E-state index contributed by atoms with van der Waals surface area (Å²) in [5, 5.41) is 0.760. The Morgan fingerprint density at radius 3 is 2.48 bits per heavy atom. The molecule has 7 nitrogen and oxygen atoms in total. The zero-order valence-corrected chi connectivity index (χ0v) is 19.1. The van der Waals surface area contributed by atoms with Crippen molar-refractivity contribution in [3.05, 3.63) is 82.6 Å². The largest absolute Gasteiger partial charge is 0.447 e. The zero-order valence-electron chi connectivity index (χ0n) is 17.5. The SMILES string of the molecule is O=c1c2ccccc2nc(SCc2ccc(S(=O)(=O)N3CCCC3)o2)n1-c1ccc(F)cc1. The molecule has 2 aromatic carbocycles. The zero-order chi connectivity index (χ0) is 23.0. The van der Waals surface area contributed by atoms with Crippen molar-refractivity contribution < 1.29 is 17.2 Å². The first-order valence-corrected chi connectivity index (χ1v) is 12.9. The van der Waals surface area contributed by atoms with Gasteiger partial charge in [0.2, 0.25) is 5.09 Å². The van der Waals surface area contributed by atoms with Gasteiger partial charge in [0.1, 0.15) is 11.6 Å². The molecule has 1 aliphatic heterocycles. The molecule has 1 fully saturated rings. The van der Waals surface area contributed by atoms with E-state index in [0.717, 1.165) is 12.8 Å². The highest BCUT2D eigenvalue weighted by Gasteiger charge is 2.30. The maximum Gasteiger partial charge on any atom is 0.276 e. The van der Waals surface area contributed by atoms with E-state index in [4.69, 9.17) is 4.42 Å². The molecule has 0 N–H and O–H groups in total. The second-order valence-corrected chi connectivity index (χ2v) is 10.5. The van der Waals surface area contributed by atoms with Crippen LogP contribution in [0.4, 0.5) is 4.39 Å². The van der Waals surface area contributed by atoms with Crippen LogP contribution in [-0.4, -0.2) is 35.4 Å². The second-order valence-electron chi connectivity index (χ2n) is 7.65. The number of hydrogen-bond acceptors (Lipinski definition) is 6. The minimum atomic E-state index is -3.64. The van der Waals surface area contributed by atoms with Crippen LogP contribution in [0.1, 0.15) is 18.6 Å². The van der Waals surface area contributed by atoms with Gasteiger partial charge in [-0.05, 0) is 61.4 Å². The van der Waals surface area contributed by atoms with E-state index in [1.54, 1.807) is 30.3 Å². The highest BCUT2D eigenvalue weighted by molar-refractivity contribution is 7.98. The van der Waals surface area contributed by atoms with Gasteiger partial charge in [0.05, 0.1) is 22.3 Å². The lowest BCUT2D eigenvalue weighted by Crippen LogP contribution is -2.27. The number of thioether (sulfide) groups is 1. The molecule has 170 valence electrons. The molecule has 5 rings (SSSR count). The minimum absolute atomic E-state index is 0.0811. The Bertz CT molecular complexity index is 1470. The number of halogens is 1. The number of furan rings is 1. The predicted octanol–water partition coefficient (Wildman–Crippen LogP) is 4.19. The lowest BCUT2D eigenvalue weighted by Gasteiger charge is -2.13. The van der Waals surface area contributed by atoms with Crippen LogP contribution in [-0.2, 0) is 15.8 Å². The van der Waals surface area contributed by atoms with Gasteiger partial charge >= 0.3 is 0 Å². The molecule has 33 heavy (non-hydrogen) atoms. The molecular formula is C23H20FN3O4S2. The van der Waals surface area contributed by atoms with Crippen molar-refractivity contribution in [2.24, 2.45) is 0 Å². The van der Waals surface area contributed by atoms with Crippen molar-refractivity contribution in [3.63, 3.8) is 0 Å². The molecule has 2 aromatic heterocycles. The van der Waals surface area contributed by atoms with Gasteiger partial charge in [-0.1, -0.05) is 23.9 Å². The second kappa shape index (κ2) is 8.77. The molecule has 1 aliphatic rings. The Hall–Kier alpha value is -2.95. The summed E-state index contributed by atoms with van der Waals surface area (Å²) >= 11 is 1.24. The maximum atomic E-state index is 13.5. The van der Waals surface area contributed by atoms with Crippen molar-refractivity contribution >= 4 is 32.7 Å². The third-order valence-corrected chi connectivity index (χ3v) is 8.20. The summed E-state index contributed by atoms with van der Waals surface area (Å²) in [6.45, 7) is 0.996. The molecule has 0 bridgehead atoms. The van der Waals surface area contributed by atoms with Gasteiger partial charge in [0.15, 0.2) is 5.16 Å². The van der Waals surface area contributed by atoms with Crippen LogP contribution < -0.4 is 5.56 Å². The normalized spacial score (nSPS) is 14.8. The quantitative estimate of drug-likeness (QED) is 0.301. The highest BCUT2D eigenvalue weighted by atomic mass is 32.2. The average Bonchev–Trinajstić information content (AvgIpc) is 3.52. The summed E-state index contributed by atoms with van der Waals surface area (Å²) < 4.78 is 47.4. The molecule has 3 heterocycles. The van der Waals surface area contributed by atoms with E-state index in [9.17, 15) is 17.6 Å². The number of nitrogens with zero attached hydrogens (tertiary/aromatic N) is 3. The van der Waals surface area contributed by atoms with Crippen LogP contribution in [0.15, 0.2) is 80.1 Å². The first kappa shape index (κ1) is 21.9. The molecule has 0 spiro atoms. The number of benzene rings is 2. The third kappa shape index (κ3) is 4.21. The molecule has 4 aromatic rings. The highest BCUT2D eigenvalue weighted by Crippen LogP contribution is 2.28. The number of aromatic nitrogens is 2. The molecule has 0 amide bonds. The van der Waals surface area contributed by atoms with E-state index in [1.165, 1.54) is 51.0 Å². The van der Waals surface area contributed by atoms with E-state index < -0.39 is 15.8 Å². The van der Waals surface area contributed by atoms with E-state index in [2.05, 4.69) is 4.98 Å².